The van der Waals surface area contributed by atoms with Crippen LogP contribution in [0.2, 0.25) is 0 Å². The van der Waals surface area contributed by atoms with Crippen molar-refractivity contribution in [3.05, 3.63) is 35.4 Å². The molecular weight excluding hydrogens is 210 g/mol. The molecule has 15 heavy (non-hydrogen) atoms. The summed E-state index contributed by atoms with van der Waals surface area (Å²) in [5.74, 6) is 0. The fourth-order valence-corrected chi connectivity index (χ4v) is 0.935. The highest BCUT2D eigenvalue weighted by Gasteiger charge is 1.90. The van der Waals surface area contributed by atoms with Gasteiger partial charge in [-0.2, -0.15) is 5.10 Å². The smallest absolute Gasteiger partial charge is 0.186 e. The Morgan fingerprint density at radius 2 is 1.93 bits per heavy atom. The average Bonchev–Trinajstić information content (AvgIpc) is 2.29. The van der Waals surface area contributed by atoms with Crippen LogP contribution in [0.3, 0.4) is 0 Å². The third-order valence-electron chi connectivity index (χ3n) is 1.68. The number of aldehydes is 1. The first-order chi connectivity index (χ1) is 7.26. The Hall–Kier alpha value is -1.75. The van der Waals surface area contributed by atoms with E-state index in [1.54, 1.807) is 37.5 Å². The number of carbonyl (C=O) groups excluding carboxylic acids is 1. The van der Waals surface area contributed by atoms with Gasteiger partial charge in [-0.25, -0.2) is 0 Å². The Morgan fingerprint density at radius 3 is 2.47 bits per heavy atom. The van der Waals surface area contributed by atoms with E-state index in [4.69, 9.17) is 12.2 Å². The van der Waals surface area contributed by atoms with Crippen molar-refractivity contribution in [3.8, 4) is 0 Å². The Labute approximate surface area is 93.4 Å². The summed E-state index contributed by atoms with van der Waals surface area (Å²) in [4.78, 5) is 10.4. The maximum absolute atomic E-state index is 10.4. The second kappa shape index (κ2) is 5.87. The number of rotatable bonds is 3. The SMILES string of the molecule is CNC(=S)N/N=C/c1ccc(C=O)cc1. The van der Waals surface area contributed by atoms with Gasteiger partial charge in [-0.1, -0.05) is 24.3 Å². The van der Waals surface area contributed by atoms with E-state index in [2.05, 4.69) is 15.8 Å². The van der Waals surface area contributed by atoms with Gasteiger partial charge in [-0.05, 0) is 17.8 Å². The highest BCUT2D eigenvalue weighted by atomic mass is 32.1. The van der Waals surface area contributed by atoms with Crippen LogP contribution >= 0.6 is 12.2 Å². The minimum Gasteiger partial charge on any atom is -0.364 e. The number of hydrazone groups is 1. The second-order valence-electron chi connectivity index (χ2n) is 2.73. The van der Waals surface area contributed by atoms with Gasteiger partial charge in [-0.3, -0.25) is 10.2 Å². The van der Waals surface area contributed by atoms with E-state index in [0.29, 0.717) is 10.7 Å². The molecule has 0 unspecified atom stereocenters. The molecule has 0 saturated heterocycles. The monoisotopic (exact) mass is 221 g/mol. The molecule has 0 spiro atoms. The molecular formula is C10H11N3OS. The fraction of sp³-hybridized carbons (Fsp3) is 0.100. The van der Waals surface area contributed by atoms with E-state index >= 15 is 0 Å². The van der Waals surface area contributed by atoms with Gasteiger partial charge < -0.3 is 5.32 Å². The summed E-state index contributed by atoms with van der Waals surface area (Å²) in [6.45, 7) is 0. The van der Waals surface area contributed by atoms with Gasteiger partial charge in [0.25, 0.3) is 0 Å². The third kappa shape index (κ3) is 3.86. The molecule has 0 aromatic heterocycles. The molecule has 5 heteroatoms. The van der Waals surface area contributed by atoms with Crippen LogP contribution < -0.4 is 10.7 Å². The standard InChI is InChI=1S/C10H11N3OS/c1-11-10(15)13-12-6-8-2-4-9(7-14)5-3-8/h2-7H,1H3,(H2,11,13,15)/b12-6+. The summed E-state index contributed by atoms with van der Waals surface area (Å²) in [7, 11) is 1.71. The van der Waals surface area contributed by atoms with Crippen molar-refractivity contribution in [1.29, 1.82) is 0 Å². The van der Waals surface area contributed by atoms with E-state index < -0.39 is 0 Å². The quantitative estimate of drug-likeness (QED) is 0.345. The lowest BCUT2D eigenvalue weighted by Crippen LogP contribution is -2.28. The molecule has 0 amide bonds. The first-order valence-electron chi connectivity index (χ1n) is 4.32. The molecule has 1 aromatic rings. The maximum Gasteiger partial charge on any atom is 0.186 e. The van der Waals surface area contributed by atoms with Gasteiger partial charge in [0, 0.05) is 12.6 Å². The molecule has 2 N–H and O–H groups in total. The van der Waals surface area contributed by atoms with Crippen LogP contribution in [0.15, 0.2) is 29.4 Å². The van der Waals surface area contributed by atoms with E-state index in [1.807, 2.05) is 0 Å². The largest absolute Gasteiger partial charge is 0.364 e. The molecule has 0 bridgehead atoms. The summed E-state index contributed by atoms with van der Waals surface area (Å²) in [6, 6.07) is 7.06. The van der Waals surface area contributed by atoms with E-state index in [1.165, 1.54) is 0 Å². The van der Waals surface area contributed by atoms with Crippen LogP contribution in [0.1, 0.15) is 15.9 Å². The summed E-state index contributed by atoms with van der Waals surface area (Å²) < 4.78 is 0. The molecule has 78 valence electrons. The van der Waals surface area contributed by atoms with Crippen LogP contribution in [0.5, 0.6) is 0 Å². The first kappa shape index (κ1) is 11.3. The number of nitrogens with one attached hydrogen (secondary N) is 2. The van der Waals surface area contributed by atoms with E-state index in [0.717, 1.165) is 11.8 Å². The zero-order valence-electron chi connectivity index (χ0n) is 8.23. The highest BCUT2D eigenvalue weighted by molar-refractivity contribution is 7.80. The minimum absolute atomic E-state index is 0.454. The number of hydrogen-bond acceptors (Lipinski definition) is 3. The molecule has 1 aromatic carbocycles. The molecule has 4 nitrogen and oxygen atoms in total. The maximum atomic E-state index is 10.4. The first-order valence-corrected chi connectivity index (χ1v) is 4.73. The molecule has 0 atom stereocenters. The topological polar surface area (TPSA) is 53.5 Å². The van der Waals surface area contributed by atoms with Crippen molar-refractivity contribution < 1.29 is 4.79 Å². The zero-order chi connectivity index (χ0) is 11.1. The molecule has 0 aliphatic rings. The molecule has 1 rings (SSSR count). The highest BCUT2D eigenvalue weighted by Crippen LogP contribution is 1.99. The summed E-state index contributed by atoms with van der Waals surface area (Å²) in [5.41, 5.74) is 4.17. The third-order valence-corrected chi connectivity index (χ3v) is 1.97. The van der Waals surface area contributed by atoms with Gasteiger partial charge in [0.15, 0.2) is 5.11 Å². The molecule has 0 aliphatic heterocycles. The second-order valence-corrected chi connectivity index (χ2v) is 3.14. The lowest BCUT2D eigenvalue weighted by atomic mass is 10.2. The van der Waals surface area contributed by atoms with Crippen LogP contribution in [0.4, 0.5) is 0 Å². The van der Waals surface area contributed by atoms with Gasteiger partial charge in [0.2, 0.25) is 0 Å². The average molecular weight is 221 g/mol. The Kier molecular flexibility index (Phi) is 4.43. The molecule has 0 saturated carbocycles. The van der Waals surface area contributed by atoms with Crippen molar-refractivity contribution in [2.75, 3.05) is 7.05 Å². The van der Waals surface area contributed by atoms with Crippen LogP contribution in [-0.4, -0.2) is 24.7 Å². The Bertz CT molecular complexity index is 373. The fourth-order valence-electron chi connectivity index (χ4n) is 0.882. The van der Waals surface area contributed by atoms with Gasteiger partial charge in [-0.15, -0.1) is 0 Å². The number of hydrogen-bond donors (Lipinski definition) is 2. The lowest BCUT2D eigenvalue weighted by Gasteiger charge is -1.99. The van der Waals surface area contributed by atoms with Crippen molar-refractivity contribution in [2.45, 2.75) is 0 Å². The normalized spacial score (nSPS) is 9.93. The minimum atomic E-state index is 0.454. The van der Waals surface area contributed by atoms with Crippen molar-refractivity contribution in [2.24, 2.45) is 5.10 Å². The molecule has 0 fully saturated rings. The molecule has 0 heterocycles. The summed E-state index contributed by atoms with van der Waals surface area (Å²) in [5, 5.41) is 7.08. The summed E-state index contributed by atoms with van der Waals surface area (Å²) in [6.07, 6.45) is 2.42. The number of benzene rings is 1. The Balaban J connectivity index is 2.57. The predicted octanol–water partition coefficient (Wildman–Crippen LogP) is 0.927. The van der Waals surface area contributed by atoms with Crippen molar-refractivity contribution >= 4 is 29.8 Å². The van der Waals surface area contributed by atoms with Crippen LogP contribution in [-0.2, 0) is 0 Å². The van der Waals surface area contributed by atoms with Crippen molar-refractivity contribution in [1.82, 2.24) is 10.7 Å². The number of carbonyl (C=O) groups is 1. The van der Waals surface area contributed by atoms with Crippen LogP contribution in [0.25, 0.3) is 0 Å². The number of nitrogens with zero attached hydrogens (tertiary/aromatic N) is 1. The van der Waals surface area contributed by atoms with E-state index in [9.17, 15) is 4.79 Å². The van der Waals surface area contributed by atoms with Gasteiger partial charge >= 0.3 is 0 Å². The summed E-state index contributed by atoms with van der Waals surface area (Å²) >= 11 is 4.83. The zero-order valence-corrected chi connectivity index (χ0v) is 9.04. The van der Waals surface area contributed by atoms with E-state index in [-0.39, 0.29) is 0 Å². The number of thiocarbonyl (C=S) groups is 1. The van der Waals surface area contributed by atoms with Gasteiger partial charge in [0.1, 0.15) is 6.29 Å². The van der Waals surface area contributed by atoms with Gasteiger partial charge in [0.05, 0.1) is 6.21 Å². The molecule has 0 aliphatic carbocycles. The Morgan fingerprint density at radius 1 is 1.33 bits per heavy atom. The van der Waals surface area contributed by atoms with Crippen LogP contribution in [0, 0.1) is 0 Å². The van der Waals surface area contributed by atoms with Crippen molar-refractivity contribution in [3.63, 3.8) is 0 Å². The lowest BCUT2D eigenvalue weighted by molar-refractivity contribution is 0.112. The predicted molar refractivity (Wildman–Crippen MR) is 64.2 cm³/mol. The molecule has 0 radical (unpaired) electrons.